The van der Waals surface area contributed by atoms with E-state index < -0.39 is 21.6 Å². The summed E-state index contributed by atoms with van der Waals surface area (Å²) in [6.45, 7) is 1.80. The molecule has 1 saturated carbocycles. The van der Waals surface area contributed by atoms with Crippen molar-refractivity contribution in [2.45, 2.75) is 38.1 Å². The molecule has 0 aromatic heterocycles. The third kappa shape index (κ3) is 3.76. The summed E-state index contributed by atoms with van der Waals surface area (Å²) in [4.78, 5) is 38.7. The molecule has 28 heavy (non-hydrogen) atoms. The van der Waals surface area contributed by atoms with Crippen molar-refractivity contribution in [2.75, 3.05) is 24.2 Å². The maximum atomic E-state index is 12.8. The second-order valence-electron chi connectivity index (χ2n) is 7.79. The Balaban J connectivity index is 1.71. The minimum atomic E-state index is -3.40. The van der Waals surface area contributed by atoms with Gasteiger partial charge in [-0.25, -0.2) is 13.2 Å². The average molecular weight is 407 g/mol. The van der Waals surface area contributed by atoms with Crippen molar-refractivity contribution in [1.82, 2.24) is 10.2 Å². The second-order valence-corrected chi connectivity index (χ2v) is 9.80. The fourth-order valence-corrected chi connectivity index (χ4v) is 4.20. The first-order valence-corrected chi connectivity index (χ1v) is 11.1. The molecule has 3 rings (SSSR count). The fraction of sp³-hybridized carbons (Fsp3) is 0.526. The summed E-state index contributed by atoms with van der Waals surface area (Å²) >= 11 is 0. The predicted octanol–water partition coefficient (Wildman–Crippen LogP) is 1.77. The SMILES string of the molecule is CC1CCC2(CC1)NC(=O)N(CC(=O)c1ccc(N(C)S(C)(=O)=O)cc1)C2=O. The topological polar surface area (TPSA) is 104 Å². The Labute approximate surface area is 164 Å². The molecule has 2 aliphatic rings. The summed E-state index contributed by atoms with van der Waals surface area (Å²) in [7, 11) is -1.98. The third-order valence-electron chi connectivity index (χ3n) is 5.73. The number of sulfonamides is 1. The molecule has 0 atom stereocenters. The maximum absolute atomic E-state index is 12.8. The molecule has 9 heteroatoms. The average Bonchev–Trinajstić information content (AvgIpc) is 2.87. The van der Waals surface area contributed by atoms with Crippen molar-refractivity contribution in [3.63, 3.8) is 0 Å². The van der Waals surface area contributed by atoms with Gasteiger partial charge in [0.1, 0.15) is 5.54 Å². The zero-order chi connectivity index (χ0) is 20.7. The van der Waals surface area contributed by atoms with Gasteiger partial charge < -0.3 is 5.32 Å². The summed E-state index contributed by atoms with van der Waals surface area (Å²) in [5.41, 5.74) is -0.139. The monoisotopic (exact) mass is 407 g/mol. The van der Waals surface area contributed by atoms with Gasteiger partial charge in [-0.2, -0.15) is 0 Å². The van der Waals surface area contributed by atoms with Crippen LogP contribution in [0.1, 0.15) is 43.0 Å². The predicted molar refractivity (Wildman–Crippen MR) is 105 cm³/mol. The highest BCUT2D eigenvalue weighted by molar-refractivity contribution is 7.92. The molecule has 1 N–H and O–H groups in total. The number of nitrogens with zero attached hydrogens (tertiary/aromatic N) is 2. The molecule has 2 fully saturated rings. The standard InChI is InChI=1S/C19H25N3O5S/c1-13-8-10-19(11-9-13)17(24)22(18(25)20-19)12-16(23)14-4-6-15(7-5-14)21(2)28(3,26)27/h4-7,13H,8-12H2,1-3H3,(H,20,25). The van der Waals surface area contributed by atoms with Crippen LogP contribution in [-0.4, -0.2) is 56.4 Å². The van der Waals surface area contributed by atoms with Crippen LogP contribution in [-0.2, 0) is 14.8 Å². The Kier molecular flexibility index (Phi) is 5.22. The normalized spacial score (nSPS) is 25.1. The molecule has 1 spiro atoms. The van der Waals surface area contributed by atoms with Crippen LogP contribution in [0.5, 0.6) is 0 Å². The quantitative estimate of drug-likeness (QED) is 0.592. The van der Waals surface area contributed by atoms with Gasteiger partial charge in [-0.3, -0.25) is 18.8 Å². The summed E-state index contributed by atoms with van der Waals surface area (Å²) in [6, 6.07) is 5.50. The van der Waals surface area contributed by atoms with Gasteiger partial charge in [-0.1, -0.05) is 6.92 Å². The molecule has 1 aromatic rings. The first kappa shape index (κ1) is 20.3. The van der Waals surface area contributed by atoms with Crippen molar-refractivity contribution in [3.05, 3.63) is 29.8 Å². The molecule has 0 radical (unpaired) electrons. The number of carbonyl (C=O) groups is 3. The number of amides is 3. The van der Waals surface area contributed by atoms with Gasteiger partial charge in [0.25, 0.3) is 5.91 Å². The minimum absolute atomic E-state index is 0.310. The number of rotatable bonds is 5. The summed E-state index contributed by atoms with van der Waals surface area (Å²) < 4.78 is 24.3. The van der Waals surface area contributed by atoms with Crippen LogP contribution < -0.4 is 9.62 Å². The van der Waals surface area contributed by atoms with Gasteiger partial charge in [0, 0.05) is 12.6 Å². The minimum Gasteiger partial charge on any atom is -0.323 e. The lowest BCUT2D eigenvalue weighted by Crippen LogP contribution is -2.49. The zero-order valence-electron chi connectivity index (χ0n) is 16.3. The molecule has 1 aliphatic carbocycles. The van der Waals surface area contributed by atoms with Crippen LogP contribution in [0.3, 0.4) is 0 Å². The van der Waals surface area contributed by atoms with E-state index in [1.54, 1.807) is 0 Å². The lowest BCUT2D eigenvalue weighted by atomic mass is 9.77. The molecule has 1 aromatic carbocycles. The molecule has 1 saturated heterocycles. The third-order valence-corrected chi connectivity index (χ3v) is 6.93. The van der Waals surface area contributed by atoms with Gasteiger partial charge in [0.05, 0.1) is 18.5 Å². The highest BCUT2D eigenvalue weighted by Crippen LogP contribution is 2.36. The lowest BCUT2D eigenvalue weighted by molar-refractivity contribution is -0.132. The van der Waals surface area contributed by atoms with Gasteiger partial charge in [0.15, 0.2) is 5.78 Å². The zero-order valence-corrected chi connectivity index (χ0v) is 17.1. The van der Waals surface area contributed by atoms with Crippen LogP contribution in [0.25, 0.3) is 0 Å². The van der Waals surface area contributed by atoms with Crippen molar-refractivity contribution in [3.8, 4) is 0 Å². The van der Waals surface area contributed by atoms with E-state index in [4.69, 9.17) is 0 Å². The van der Waals surface area contributed by atoms with Crippen molar-refractivity contribution in [1.29, 1.82) is 0 Å². The van der Waals surface area contributed by atoms with E-state index in [9.17, 15) is 22.8 Å². The number of carbonyl (C=O) groups excluding carboxylic acids is 3. The number of anilines is 1. The lowest BCUT2D eigenvalue weighted by Gasteiger charge is -2.33. The smallest absolute Gasteiger partial charge is 0.323 e. The highest BCUT2D eigenvalue weighted by atomic mass is 32.2. The number of nitrogens with one attached hydrogen (secondary N) is 1. The Morgan fingerprint density at radius 2 is 1.79 bits per heavy atom. The summed E-state index contributed by atoms with van der Waals surface area (Å²) in [5.74, 6) is -0.181. The number of hydrogen-bond donors (Lipinski definition) is 1. The van der Waals surface area contributed by atoms with Crippen molar-refractivity contribution >= 4 is 33.4 Å². The van der Waals surface area contributed by atoms with E-state index in [0.717, 1.165) is 28.3 Å². The molecule has 3 amide bonds. The van der Waals surface area contributed by atoms with Crippen LogP contribution >= 0.6 is 0 Å². The Hall–Kier alpha value is -2.42. The molecule has 8 nitrogen and oxygen atoms in total. The molecular formula is C19H25N3O5S. The van der Waals surface area contributed by atoms with Crippen LogP contribution in [0.2, 0.25) is 0 Å². The van der Waals surface area contributed by atoms with E-state index in [-0.39, 0.29) is 18.2 Å². The Bertz CT molecular complexity index is 902. The Morgan fingerprint density at radius 1 is 1.21 bits per heavy atom. The highest BCUT2D eigenvalue weighted by Gasteiger charge is 2.52. The van der Waals surface area contributed by atoms with Crippen molar-refractivity contribution in [2.24, 2.45) is 5.92 Å². The van der Waals surface area contributed by atoms with E-state index in [1.165, 1.54) is 31.3 Å². The molecule has 0 bridgehead atoms. The van der Waals surface area contributed by atoms with Crippen molar-refractivity contribution < 1.29 is 22.8 Å². The largest absolute Gasteiger partial charge is 0.325 e. The molecule has 1 aliphatic heterocycles. The summed E-state index contributed by atoms with van der Waals surface area (Å²) in [5, 5.41) is 2.80. The molecule has 152 valence electrons. The fourth-order valence-electron chi connectivity index (χ4n) is 3.70. The van der Waals surface area contributed by atoms with E-state index in [2.05, 4.69) is 12.2 Å². The van der Waals surface area contributed by atoms with E-state index >= 15 is 0 Å². The number of benzene rings is 1. The summed E-state index contributed by atoms with van der Waals surface area (Å²) in [6.07, 6.45) is 4.00. The number of urea groups is 1. The van der Waals surface area contributed by atoms with E-state index in [1.807, 2.05) is 0 Å². The number of ketones is 1. The number of imide groups is 1. The van der Waals surface area contributed by atoms with Crippen LogP contribution in [0.4, 0.5) is 10.5 Å². The van der Waals surface area contributed by atoms with Gasteiger partial charge in [-0.15, -0.1) is 0 Å². The van der Waals surface area contributed by atoms with E-state index in [0.29, 0.717) is 30.0 Å². The van der Waals surface area contributed by atoms with Gasteiger partial charge in [-0.05, 0) is 55.9 Å². The first-order chi connectivity index (χ1) is 13.0. The first-order valence-electron chi connectivity index (χ1n) is 9.25. The number of hydrogen-bond acceptors (Lipinski definition) is 5. The Morgan fingerprint density at radius 3 is 2.32 bits per heavy atom. The molecular weight excluding hydrogens is 382 g/mol. The van der Waals surface area contributed by atoms with Gasteiger partial charge >= 0.3 is 6.03 Å². The molecule has 0 unspecified atom stereocenters. The van der Waals surface area contributed by atoms with Crippen LogP contribution in [0.15, 0.2) is 24.3 Å². The maximum Gasteiger partial charge on any atom is 0.325 e. The number of Topliss-reactive ketones (excluding diaryl/α,β-unsaturated/α-hetero) is 1. The van der Waals surface area contributed by atoms with Crippen LogP contribution in [0, 0.1) is 5.92 Å². The second kappa shape index (κ2) is 7.20. The molecule has 1 heterocycles. The van der Waals surface area contributed by atoms with Gasteiger partial charge in [0.2, 0.25) is 10.0 Å².